The zero-order valence-corrected chi connectivity index (χ0v) is 50.0. The topological polar surface area (TPSA) is 413 Å². The van der Waals surface area contributed by atoms with E-state index in [9.17, 15) is 76.6 Å². The number of esters is 1. The fourth-order valence-corrected chi connectivity index (χ4v) is 17.6. The lowest BCUT2D eigenvalue weighted by atomic mass is 9.33. The van der Waals surface area contributed by atoms with Crippen LogP contribution in [-0.4, -0.2) is 262 Å². The van der Waals surface area contributed by atoms with Crippen LogP contribution in [0, 0.1) is 50.2 Å². The number of rotatable bonds is 12. The van der Waals surface area contributed by atoms with E-state index in [-0.39, 0.29) is 29.3 Å². The fraction of sp³-hybridized carbons (Fsp3) is 0.949. The second-order valence-corrected chi connectivity index (χ2v) is 28.6. The minimum Gasteiger partial charge on any atom is -0.432 e. The number of fused-ring (bicyclic) bond motifs is 7. The van der Waals surface area contributed by atoms with Gasteiger partial charge < -0.3 is 124 Å². The molecule has 0 aromatic heterocycles. The summed E-state index contributed by atoms with van der Waals surface area (Å²) < 4.78 is 61.2. The number of ether oxygens (including phenoxy) is 10. The predicted octanol–water partition coefficient (Wildman–Crippen LogP) is -2.55. The van der Waals surface area contributed by atoms with E-state index in [0.29, 0.717) is 44.9 Å². The molecule has 0 radical (unpaired) electrons. The lowest BCUT2D eigenvalue weighted by molar-refractivity contribution is -0.388. The van der Waals surface area contributed by atoms with Crippen molar-refractivity contribution in [1.29, 1.82) is 0 Å². The first-order chi connectivity index (χ1) is 39.7. The largest absolute Gasteiger partial charge is 0.432 e. The van der Waals surface area contributed by atoms with E-state index in [1.807, 2.05) is 13.8 Å². The van der Waals surface area contributed by atoms with Gasteiger partial charge in [0.25, 0.3) is 0 Å². The van der Waals surface area contributed by atoms with E-state index < -0.39 is 206 Å². The van der Waals surface area contributed by atoms with Gasteiger partial charge in [-0.3, -0.25) is 4.79 Å². The molecule has 0 amide bonds. The average Bonchev–Trinajstić information content (AvgIpc) is 0.700. The number of hydrogen-bond donors (Lipinski definition) is 15. The lowest BCUT2D eigenvalue weighted by Gasteiger charge is -2.71. The minimum atomic E-state index is -1.86. The SMILES string of the molecule is C[C@@H]1O[C@@H](O[C@H]2[C@H](OC(=O)[C@]34CCC(C)(C)[C@@H](O)[C@H]3C3=CC[C@@H]5[C@@]6(C)CC[C@H](O[C@@H]7OC[C@H](O)[C@H](O[C@@H]8O[C@H](CO)[C@@H](O)[C@H](O)[C@H]8O)[C@H]7O[C@@H]7O[C@@H](C)[C@H](O)[C@@H](O)[C@H]7O)C(C)(C)[C@@H]6CC[C@@]5(C)[C@]3(C)CC4)O[C@H](CO)[C@@H](O)[C@@H]2O)[C@H](O)[C@H](O)[C@H]1O. The summed E-state index contributed by atoms with van der Waals surface area (Å²) in [5, 5.41) is 164. The molecule has 5 aliphatic heterocycles. The molecule has 9 fully saturated rings. The molecule has 5 aliphatic carbocycles. The summed E-state index contributed by atoms with van der Waals surface area (Å²) in [6, 6.07) is 0. The van der Waals surface area contributed by atoms with E-state index >= 15 is 4.79 Å². The van der Waals surface area contributed by atoms with Crippen molar-refractivity contribution >= 4 is 5.97 Å². The van der Waals surface area contributed by atoms with Gasteiger partial charge in [0.05, 0.1) is 49.7 Å². The lowest BCUT2D eigenvalue weighted by Crippen LogP contribution is -2.68. The molecule has 0 aromatic carbocycles. The maximum Gasteiger partial charge on any atom is 0.315 e. The van der Waals surface area contributed by atoms with Crippen LogP contribution >= 0.6 is 0 Å². The van der Waals surface area contributed by atoms with Crippen LogP contribution in [-0.2, 0) is 52.2 Å². The summed E-state index contributed by atoms with van der Waals surface area (Å²) in [5.74, 6) is -1.37. The van der Waals surface area contributed by atoms with Crippen molar-refractivity contribution in [3.8, 4) is 0 Å². The molecule has 488 valence electrons. The summed E-state index contributed by atoms with van der Waals surface area (Å²) in [6.45, 7) is 16.2. The third-order valence-electron chi connectivity index (χ3n) is 23.3. The summed E-state index contributed by atoms with van der Waals surface area (Å²) in [6.07, 6.45) is -32.7. The maximum absolute atomic E-state index is 15.4. The van der Waals surface area contributed by atoms with Crippen molar-refractivity contribution < 1.29 is 129 Å². The van der Waals surface area contributed by atoms with Gasteiger partial charge in [-0.2, -0.15) is 0 Å². The number of hydrogen-bond acceptors (Lipinski definition) is 26. The van der Waals surface area contributed by atoms with Gasteiger partial charge in [-0.15, -0.1) is 0 Å². The van der Waals surface area contributed by atoms with E-state index in [1.165, 1.54) is 13.8 Å². The Morgan fingerprint density at radius 2 is 1.05 bits per heavy atom. The van der Waals surface area contributed by atoms with Crippen molar-refractivity contribution in [2.45, 2.75) is 280 Å². The van der Waals surface area contributed by atoms with Gasteiger partial charge in [-0.25, -0.2) is 0 Å². The number of aliphatic hydroxyl groups is 15. The highest BCUT2D eigenvalue weighted by Gasteiger charge is 2.72. The monoisotopic (exact) mass is 1220 g/mol. The highest BCUT2D eigenvalue weighted by Crippen LogP contribution is 2.76. The molecule has 33 atom stereocenters. The molecule has 0 unspecified atom stereocenters. The van der Waals surface area contributed by atoms with Crippen molar-refractivity contribution in [3.63, 3.8) is 0 Å². The van der Waals surface area contributed by atoms with E-state index in [0.717, 1.165) is 18.4 Å². The summed E-state index contributed by atoms with van der Waals surface area (Å²) in [4.78, 5) is 15.4. The Morgan fingerprint density at radius 3 is 1.64 bits per heavy atom. The van der Waals surface area contributed by atoms with E-state index in [2.05, 4.69) is 40.7 Å². The van der Waals surface area contributed by atoms with Crippen LogP contribution in [0.15, 0.2) is 11.6 Å². The molecule has 5 heterocycles. The van der Waals surface area contributed by atoms with Crippen LogP contribution in [0.5, 0.6) is 0 Å². The summed E-state index contributed by atoms with van der Waals surface area (Å²) in [5.41, 5.74) is -2.86. The third kappa shape index (κ3) is 10.8. The van der Waals surface area contributed by atoms with E-state index in [1.54, 1.807) is 0 Å². The van der Waals surface area contributed by atoms with Gasteiger partial charge >= 0.3 is 5.97 Å². The molecular formula is C59H96O26. The maximum atomic E-state index is 15.4. The van der Waals surface area contributed by atoms with Gasteiger partial charge in [-0.1, -0.05) is 60.1 Å². The molecule has 10 rings (SSSR count). The van der Waals surface area contributed by atoms with Crippen LogP contribution in [0.3, 0.4) is 0 Å². The predicted molar refractivity (Wildman–Crippen MR) is 288 cm³/mol. The Labute approximate surface area is 494 Å². The summed E-state index contributed by atoms with van der Waals surface area (Å²) in [7, 11) is 0. The van der Waals surface area contributed by atoms with E-state index in [4.69, 9.17) is 47.4 Å². The normalized spacial score (nSPS) is 55.0. The zero-order valence-electron chi connectivity index (χ0n) is 50.0. The Morgan fingerprint density at radius 1 is 0.529 bits per heavy atom. The molecule has 4 saturated carbocycles. The van der Waals surface area contributed by atoms with Crippen LogP contribution < -0.4 is 0 Å². The first-order valence-electron chi connectivity index (χ1n) is 30.6. The van der Waals surface area contributed by atoms with Crippen molar-refractivity contribution in [1.82, 2.24) is 0 Å². The molecule has 26 heteroatoms. The quantitative estimate of drug-likeness (QED) is 0.0544. The van der Waals surface area contributed by atoms with Gasteiger partial charge in [0.15, 0.2) is 31.3 Å². The standard InChI is InChI=1S/C59H96O26/c1-23-33(63)37(67)41(71)48(77-23)83-45-40(70)36(66)28(21-61)80-52(45)85-53(75)59-18-16-54(3,4)47(74)32(59)25-10-11-30-56(7)14-13-31(55(5,6)29(56)12-15-58(30,9)57(25,8)17-19-59)81-51-46(84-49-42(72)38(68)34(64)24(2)78-49)44(26(62)22-76-51)82-50-43(73)39(69)35(65)27(20-60)79-50/h10,23-24,26-52,60-74H,11-22H2,1-9H3/t23-,24-,26-,27+,28+,29-,30+,31-,32+,33-,34-,35+,36+,37+,38+,39-,40-,41+,42+,43+,44-,45+,46+,47-,48-,49-,50-,51-,52-,56-,57+,58+,59-/m0/s1. The molecule has 15 N–H and O–H groups in total. The Hall–Kier alpha value is -1.75. The molecule has 85 heavy (non-hydrogen) atoms. The van der Waals surface area contributed by atoms with Crippen molar-refractivity contribution in [2.24, 2.45) is 50.2 Å². The van der Waals surface area contributed by atoms with Crippen molar-refractivity contribution in [3.05, 3.63) is 11.6 Å². The van der Waals surface area contributed by atoms with Crippen LogP contribution in [0.1, 0.15) is 120 Å². The average molecular weight is 1220 g/mol. The number of carbonyl (C=O) groups is 1. The number of carbonyl (C=O) groups excluding carboxylic acids is 1. The first-order valence-corrected chi connectivity index (χ1v) is 30.6. The fourth-order valence-electron chi connectivity index (χ4n) is 17.6. The second kappa shape index (κ2) is 24.1. The molecule has 0 spiro atoms. The van der Waals surface area contributed by atoms with Gasteiger partial charge in [0, 0.05) is 5.92 Å². The molecule has 0 bridgehead atoms. The van der Waals surface area contributed by atoms with Crippen LogP contribution in [0.2, 0.25) is 0 Å². The number of aliphatic hydroxyl groups excluding tert-OH is 15. The van der Waals surface area contributed by atoms with Gasteiger partial charge in [0.2, 0.25) is 6.29 Å². The minimum absolute atomic E-state index is 0.0295. The first kappa shape index (κ1) is 66.2. The second-order valence-electron chi connectivity index (χ2n) is 28.6. The Kier molecular flexibility index (Phi) is 18.7. The molecule has 0 aromatic rings. The molecule has 5 saturated heterocycles. The molecule has 10 aliphatic rings. The highest BCUT2D eigenvalue weighted by atomic mass is 16.8. The Bertz CT molecular complexity index is 2380. The van der Waals surface area contributed by atoms with Gasteiger partial charge in [-0.05, 0) is 111 Å². The third-order valence-corrected chi connectivity index (χ3v) is 23.3. The smallest absolute Gasteiger partial charge is 0.315 e. The Balaban J connectivity index is 0.914. The molecular weight excluding hydrogens is 1120 g/mol. The van der Waals surface area contributed by atoms with Gasteiger partial charge in [0.1, 0.15) is 97.7 Å². The highest BCUT2D eigenvalue weighted by molar-refractivity contribution is 5.79. The number of allylic oxidation sites excluding steroid dienone is 1. The molecule has 26 nitrogen and oxygen atoms in total. The zero-order chi connectivity index (χ0) is 62.2. The van der Waals surface area contributed by atoms with Crippen LogP contribution in [0.25, 0.3) is 0 Å². The van der Waals surface area contributed by atoms with Crippen LogP contribution in [0.4, 0.5) is 0 Å². The summed E-state index contributed by atoms with van der Waals surface area (Å²) >= 11 is 0. The van der Waals surface area contributed by atoms with Crippen molar-refractivity contribution in [2.75, 3.05) is 19.8 Å².